The fraction of sp³-hybridized carbons (Fsp3) is 0.100. The average Bonchev–Trinajstić information content (AvgIpc) is 3.10. The highest BCUT2D eigenvalue weighted by atomic mass is 16.5. The van der Waals surface area contributed by atoms with Crippen molar-refractivity contribution in [2.75, 3.05) is 7.11 Å². The standard InChI is InChI=1S/C20H16N4O3/c1-27-17-4-2-13(3-5-17)8-16-12-22-19-7-6-18(23-24(16)19)14-9-15(20(25)26)11-21-10-14/h2-7,9-12H,8H2,1H3,(H,25,26). The Morgan fingerprint density at radius 2 is 1.93 bits per heavy atom. The van der Waals surface area contributed by atoms with Gasteiger partial charge in [0.25, 0.3) is 0 Å². The Hall–Kier alpha value is -3.74. The SMILES string of the molecule is COc1ccc(Cc2cnc3ccc(-c4cncc(C(=O)O)c4)nn23)cc1. The number of aromatic carboxylic acids is 1. The molecule has 0 atom stereocenters. The maximum Gasteiger partial charge on any atom is 0.337 e. The number of benzene rings is 1. The molecule has 0 saturated carbocycles. The molecule has 0 fully saturated rings. The van der Waals surface area contributed by atoms with E-state index >= 15 is 0 Å². The van der Waals surface area contributed by atoms with Crippen LogP contribution in [0.25, 0.3) is 16.9 Å². The largest absolute Gasteiger partial charge is 0.497 e. The van der Waals surface area contributed by atoms with Crippen molar-refractivity contribution in [3.8, 4) is 17.0 Å². The number of hydrogen-bond donors (Lipinski definition) is 1. The lowest BCUT2D eigenvalue weighted by Crippen LogP contribution is -2.02. The molecule has 0 unspecified atom stereocenters. The van der Waals surface area contributed by atoms with Crippen LogP contribution in [-0.4, -0.2) is 37.8 Å². The predicted molar refractivity (Wildman–Crippen MR) is 99.0 cm³/mol. The zero-order valence-electron chi connectivity index (χ0n) is 14.5. The third-order valence-electron chi connectivity index (χ3n) is 4.26. The number of fused-ring (bicyclic) bond motifs is 1. The lowest BCUT2D eigenvalue weighted by Gasteiger charge is -2.06. The van der Waals surface area contributed by atoms with Crippen LogP contribution in [-0.2, 0) is 6.42 Å². The number of carboxylic acids is 1. The van der Waals surface area contributed by atoms with E-state index in [0.717, 1.165) is 22.7 Å². The van der Waals surface area contributed by atoms with Gasteiger partial charge in [0.15, 0.2) is 5.65 Å². The van der Waals surface area contributed by atoms with E-state index in [1.165, 1.54) is 6.20 Å². The summed E-state index contributed by atoms with van der Waals surface area (Å²) in [4.78, 5) is 19.6. The highest BCUT2D eigenvalue weighted by Gasteiger charge is 2.10. The van der Waals surface area contributed by atoms with E-state index in [2.05, 4.69) is 15.1 Å². The molecular formula is C20H16N4O3. The first-order chi connectivity index (χ1) is 13.1. The van der Waals surface area contributed by atoms with Crippen molar-refractivity contribution in [2.45, 2.75) is 6.42 Å². The number of nitrogens with zero attached hydrogens (tertiary/aromatic N) is 4. The van der Waals surface area contributed by atoms with Crippen LogP contribution in [0.4, 0.5) is 0 Å². The first-order valence-corrected chi connectivity index (χ1v) is 8.29. The van der Waals surface area contributed by atoms with Crippen LogP contribution in [0.1, 0.15) is 21.6 Å². The number of carbonyl (C=O) groups is 1. The lowest BCUT2D eigenvalue weighted by atomic mass is 10.1. The Labute approximate surface area is 154 Å². The second kappa shape index (κ2) is 6.87. The van der Waals surface area contributed by atoms with E-state index < -0.39 is 5.97 Å². The molecule has 0 bridgehead atoms. The summed E-state index contributed by atoms with van der Waals surface area (Å²) in [6, 6.07) is 13.1. The molecule has 4 rings (SSSR count). The number of ether oxygens (including phenoxy) is 1. The minimum atomic E-state index is -1.02. The van der Waals surface area contributed by atoms with Crippen LogP contribution < -0.4 is 4.74 Å². The van der Waals surface area contributed by atoms with Crippen molar-refractivity contribution in [3.63, 3.8) is 0 Å². The molecule has 3 heterocycles. The van der Waals surface area contributed by atoms with Gasteiger partial charge in [-0.1, -0.05) is 12.1 Å². The summed E-state index contributed by atoms with van der Waals surface area (Å²) in [5, 5.41) is 13.8. The summed E-state index contributed by atoms with van der Waals surface area (Å²) in [6.07, 6.45) is 5.37. The van der Waals surface area contributed by atoms with E-state index in [-0.39, 0.29) is 5.56 Å². The van der Waals surface area contributed by atoms with Gasteiger partial charge in [0.1, 0.15) is 5.75 Å². The molecule has 134 valence electrons. The van der Waals surface area contributed by atoms with Crippen molar-refractivity contribution in [1.82, 2.24) is 19.6 Å². The number of hydrogen-bond acceptors (Lipinski definition) is 5. The van der Waals surface area contributed by atoms with Crippen LogP contribution in [0.3, 0.4) is 0 Å². The second-order valence-electron chi connectivity index (χ2n) is 6.03. The smallest absolute Gasteiger partial charge is 0.337 e. The molecule has 0 aliphatic heterocycles. The third kappa shape index (κ3) is 3.35. The Balaban J connectivity index is 1.70. The fourth-order valence-corrected chi connectivity index (χ4v) is 2.84. The van der Waals surface area contributed by atoms with Crippen LogP contribution in [0.15, 0.2) is 61.1 Å². The first-order valence-electron chi connectivity index (χ1n) is 8.29. The predicted octanol–water partition coefficient (Wildman–Crippen LogP) is 3.09. The quantitative estimate of drug-likeness (QED) is 0.588. The van der Waals surface area contributed by atoms with Gasteiger partial charge in [0.2, 0.25) is 0 Å². The maximum atomic E-state index is 11.2. The zero-order valence-corrected chi connectivity index (χ0v) is 14.5. The number of imidazole rings is 1. The van der Waals surface area contributed by atoms with E-state index in [1.54, 1.807) is 30.1 Å². The molecule has 0 radical (unpaired) electrons. The van der Waals surface area contributed by atoms with E-state index in [4.69, 9.17) is 9.84 Å². The molecule has 0 spiro atoms. The van der Waals surface area contributed by atoms with Gasteiger partial charge in [0.05, 0.1) is 30.3 Å². The van der Waals surface area contributed by atoms with Crippen molar-refractivity contribution < 1.29 is 14.6 Å². The molecule has 1 N–H and O–H groups in total. The van der Waals surface area contributed by atoms with Gasteiger partial charge in [0, 0.05) is 24.4 Å². The van der Waals surface area contributed by atoms with Gasteiger partial charge in [-0.15, -0.1) is 0 Å². The van der Waals surface area contributed by atoms with Crippen molar-refractivity contribution >= 4 is 11.6 Å². The molecular weight excluding hydrogens is 344 g/mol. The van der Waals surface area contributed by atoms with E-state index in [9.17, 15) is 4.79 Å². The van der Waals surface area contributed by atoms with Crippen LogP contribution in [0.2, 0.25) is 0 Å². The number of rotatable bonds is 5. The molecule has 27 heavy (non-hydrogen) atoms. The maximum absolute atomic E-state index is 11.2. The minimum absolute atomic E-state index is 0.124. The van der Waals surface area contributed by atoms with Crippen molar-refractivity contribution in [3.05, 3.63) is 77.9 Å². The molecule has 7 nitrogen and oxygen atoms in total. The molecule has 1 aromatic carbocycles. The summed E-state index contributed by atoms with van der Waals surface area (Å²) >= 11 is 0. The van der Waals surface area contributed by atoms with E-state index in [0.29, 0.717) is 17.7 Å². The van der Waals surface area contributed by atoms with Gasteiger partial charge >= 0.3 is 5.97 Å². The molecule has 0 amide bonds. The van der Waals surface area contributed by atoms with Crippen LogP contribution in [0, 0.1) is 0 Å². The molecule has 3 aromatic heterocycles. The van der Waals surface area contributed by atoms with Gasteiger partial charge in [-0.05, 0) is 35.9 Å². The number of pyridine rings is 1. The highest BCUT2D eigenvalue weighted by Crippen LogP contribution is 2.20. The summed E-state index contributed by atoms with van der Waals surface area (Å²) in [7, 11) is 1.64. The van der Waals surface area contributed by atoms with Crippen LogP contribution >= 0.6 is 0 Å². The topological polar surface area (TPSA) is 89.6 Å². The Morgan fingerprint density at radius 1 is 1.11 bits per heavy atom. The summed E-state index contributed by atoms with van der Waals surface area (Å²) in [5.74, 6) is -0.212. The normalized spacial score (nSPS) is 10.9. The molecule has 0 aliphatic carbocycles. The summed E-state index contributed by atoms with van der Waals surface area (Å²) in [6.45, 7) is 0. The Bertz CT molecular complexity index is 1120. The van der Waals surface area contributed by atoms with Gasteiger partial charge < -0.3 is 9.84 Å². The van der Waals surface area contributed by atoms with E-state index in [1.807, 2.05) is 36.4 Å². The zero-order chi connectivity index (χ0) is 18.8. The van der Waals surface area contributed by atoms with Gasteiger partial charge in [-0.3, -0.25) is 4.98 Å². The van der Waals surface area contributed by atoms with Crippen molar-refractivity contribution in [2.24, 2.45) is 0 Å². The first kappa shape index (κ1) is 16.7. The highest BCUT2D eigenvalue weighted by molar-refractivity contribution is 5.88. The Kier molecular flexibility index (Phi) is 4.25. The molecule has 0 saturated heterocycles. The number of carboxylic acid groups (broad SMARTS) is 1. The van der Waals surface area contributed by atoms with Gasteiger partial charge in [-0.25, -0.2) is 14.3 Å². The third-order valence-corrected chi connectivity index (χ3v) is 4.26. The fourth-order valence-electron chi connectivity index (χ4n) is 2.84. The molecule has 0 aliphatic rings. The monoisotopic (exact) mass is 360 g/mol. The lowest BCUT2D eigenvalue weighted by molar-refractivity contribution is 0.0696. The van der Waals surface area contributed by atoms with Crippen LogP contribution in [0.5, 0.6) is 5.75 Å². The number of aromatic nitrogens is 4. The number of methoxy groups -OCH3 is 1. The van der Waals surface area contributed by atoms with Gasteiger partial charge in [-0.2, -0.15) is 5.10 Å². The summed E-state index contributed by atoms with van der Waals surface area (Å²) in [5.41, 5.74) is 4.16. The molecule has 4 aromatic rings. The molecule has 7 heteroatoms. The second-order valence-corrected chi connectivity index (χ2v) is 6.03. The Morgan fingerprint density at radius 3 is 2.67 bits per heavy atom. The summed E-state index contributed by atoms with van der Waals surface area (Å²) < 4.78 is 6.96. The van der Waals surface area contributed by atoms with Crippen molar-refractivity contribution in [1.29, 1.82) is 0 Å². The minimum Gasteiger partial charge on any atom is -0.497 e. The average molecular weight is 360 g/mol.